The van der Waals surface area contributed by atoms with E-state index in [1.807, 2.05) is 11.0 Å². The molecule has 0 N–H and O–H groups in total. The molecule has 1 aromatic carbocycles. The molecular formula is C29H46N4O3. The lowest BCUT2D eigenvalue weighted by molar-refractivity contribution is -0.290. The molecule has 3 atom stereocenters. The molecule has 7 heteroatoms. The zero-order valence-corrected chi connectivity index (χ0v) is 22.9. The minimum absolute atomic E-state index is 0.00460. The Hall–Kier alpha value is -1.96. The molecule has 0 saturated carbocycles. The van der Waals surface area contributed by atoms with E-state index in [2.05, 4.69) is 73.9 Å². The van der Waals surface area contributed by atoms with E-state index in [4.69, 9.17) is 4.84 Å². The number of aryl methyl sites for hydroxylation is 1. The third kappa shape index (κ3) is 6.29. The van der Waals surface area contributed by atoms with E-state index in [1.54, 1.807) is 0 Å². The lowest BCUT2D eigenvalue weighted by atomic mass is 9.93. The highest BCUT2D eigenvalue weighted by atomic mass is 16.7. The van der Waals surface area contributed by atoms with Gasteiger partial charge >= 0.3 is 0 Å². The Morgan fingerprint density at radius 1 is 0.944 bits per heavy atom. The molecule has 200 valence electrons. The molecule has 0 aliphatic carbocycles. The van der Waals surface area contributed by atoms with Crippen molar-refractivity contribution in [3.8, 4) is 0 Å². The summed E-state index contributed by atoms with van der Waals surface area (Å²) < 4.78 is 0. The van der Waals surface area contributed by atoms with E-state index in [0.29, 0.717) is 31.2 Å². The average molecular weight is 499 g/mol. The maximum Gasteiger partial charge on any atom is 0.255 e. The van der Waals surface area contributed by atoms with Gasteiger partial charge in [0.25, 0.3) is 5.91 Å². The number of piperidine rings is 1. The number of hydrogen-bond acceptors (Lipinski definition) is 5. The average Bonchev–Trinajstić information content (AvgIpc) is 2.84. The number of fused-ring (bicyclic) bond motifs is 1. The monoisotopic (exact) mass is 498 g/mol. The summed E-state index contributed by atoms with van der Waals surface area (Å²) in [7, 11) is 2.15. The summed E-state index contributed by atoms with van der Waals surface area (Å²) in [6.07, 6.45) is 4.49. The summed E-state index contributed by atoms with van der Waals surface area (Å²) in [6.45, 7) is 11.8. The fourth-order valence-electron chi connectivity index (χ4n) is 6.00. The molecule has 3 aliphatic rings. The molecule has 0 spiro atoms. The summed E-state index contributed by atoms with van der Waals surface area (Å²) in [5.74, 6) is 0.788. The smallest absolute Gasteiger partial charge is 0.255 e. The Balaban J connectivity index is 1.58. The third-order valence-corrected chi connectivity index (χ3v) is 7.91. The minimum Gasteiger partial charge on any atom is -0.334 e. The predicted molar refractivity (Wildman–Crippen MR) is 142 cm³/mol. The van der Waals surface area contributed by atoms with Gasteiger partial charge in [-0.1, -0.05) is 58.0 Å². The molecule has 3 fully saturated rings. The Kier molecular flexibility index (Phi) is 9.07. The van der Waals surface area contributed by atoms with Gasteiger partial charge in [0, 0.05) is 12.6 Å². The van der Waals surface area contributed by atoms with E-state index < -0.39 is 12.1 Å². The van der Waals surface area contributed by atoms with Crippen LogP contribution < -0.4 is 0 Å². The van der Waals surface area contributed by atoms with Crippen LogP contribution in [0.1, 0.15) is 65.4 Å². The zero-order valence-electron chi connectivity index (χ0n) is 22.9. The van der Waals surface area contributed by atoms with Crippen molar-refractivity contribution < 1.29 is 14.4 Å². The van der Waals surface area contributed by atoms with E-state index >= 15 is 0 Å². The quantitative estimate of drug-likeness (QED) is 0.519. The number of carbonyl (C=O) groups excluding carboxylic acids is 2. The first-order valence-electron chi connectivity index (χ1n) is 14.0. The topological polar surface area (TPSA) is 56.3 Å². The fraction of sp³-hybridized carbons (Fsp3) is 0.724. The van der Waals surface area contributed by atoms with Crippen molar-refractivity contribution in [2.75, 3.05) is 33.2 Å². The van der Waals surface area contributed by atoms with E-state index in [9.17, 15) is 9.59 Å². The molecule has 3 saturated heterocycles. The van der Waals surface area contributed by atoms with Crippen LogP contribution in [0.25, 0.3) is 0 Å². The highest BCUT2D eigenvalue weighted by molar-refractivity contribution is 5.91. The molecule has 3 aliphatic heterocycles. The Labute approximate surface area is 217 Å². The zero-order chi connectivity index (χ0) is 25.8. The minimum atomic E-state index is -0.518. The molecule has 0 radical (unpaired) electrons. The van der Waals surface area contributed by atoms with Crippen LogP contribution in [0.3, 0.4) is 0 Å². The first-order valence-corrected chi connectivity index (χ1v) is 14.0. The van der Waals surface area contributed by atoms with Gasteiger partial charge < -0.3 is 14.7 Å². The first kappa shape index (κ1) is 27.1. The van der Waals surface area contributed by atoms with Crippen LogP contribution >= 0.6 is 0 Å². The van der Waals surface area contributed by atoms with Crippen molar-refractivity contribution in [2.45, 2.75) is 90.6 Å². The first-order chi connectivity index (χ1) is 17.2. The number of hydrogen-bond donors (Lipinski definition) is 0. The van der Waals surface area contributed by atoms with Gasteiger partial charge in [-0.2, -0.15) is 5.06 Å². The number of carbonyl (C=O) groups is 2. The van der Waals surface area contributed by atoms with Gasteiger partial charge in [-0.15, -0.1) is 0 Å². The summed E-state index contributed by atoms with van der Waals surface area (Å²) >= 11 is 0. The van der Waals surface area contributed by atoms with Crippen molar-refractivity contribution in [1.29, 1.82) is 0 Å². The fourth-order valence-corrected chi connectivity index (χ4v) is 6.00. The third-order valence-electron chi connectivity index (χ3n) is 7.91. The molecule has 1 unspecified atom stereocenters. The molecular weight excluding hydrogens is 452 g/mol. The van der Waals surface area contributed by atoms with Crippen LogP contribution in [0, 0.1) is 11.8 Å². The molecule has 3 heterocycles. The number of piperazine rings is 1. The maximum atomic E-state index is 13.9. The van der Waals surface area contributed by atoms with Gasteiger partial charge in [0.1, 0.15) is 12.2 Å². The van der Waals surface area contributed by atoms with Gasteiger partial charge in [0.15, 0.2) is 6.10 Å². The van der Waals surface area contributed by atoms with Crippen LogP contribution in [0.5, 0.6) is 0 Å². The molecule has 7 nitrogen and oxygen atoms in total. The van der Waals surface area contributed by atoms with Crippen molar-refractivity contribution in [3.63, 3.8) is 0 Å². The van der Waals surface area contributed by atoms with Gasteiger partial charge in [-0.3, -0.25) is 14.4 Å². The van der Waals surface area contributed by atoms with Crippen molar-refractivity contribution in [2.24, 2.45) is 11.8 Å². The SMILES string of the molecule is CC(C)C[C@H]1ON(CCCc2ccccc2)C2CN(C3CCN(C)CC3)C(=O)[C@H](CC(C)C)N2C1=O. The van der Waals surface area contributed by atoms with Crippen molar-refractivity contribution in [3.05, 3.63) is 35.9 Å². The van der Waals surface area contributed by atoms with Gasteiger partial charge in [-0.05, 0) is 76.1 Å². The van der Waals surface area contributed by atoms with Gasteiger partial charge in [0.2, 0.25) is 5.91 Å². The van der Waals surface area contributed by atoms with E-state index in [0.717, 1.165) is 45.3 Å². The Morgan fingerprint density at radius 3 is 2.25 bits per heavy atom. The van der Waals surface area contributed by atoms with E-state index in [-0.39, 0.29) is 24.0 Å². The summed E-state index contributed by atoms with van der Waals surface area (Å²) in [5.41, 5.74) is 1.31. The highest BCUT2D eigenvalue weighted by Gasteiger charge is 2.52. The molecule has 4 rings (SSSR count). The van der Waals surface area contributed by atoms with E-state index in [1.165, 1.54) is 5.56 Å². The van der Waals surface area contributed by atoms with Crippen molar-refractivity contribution >= 4 is 11.8 Å². The standard InChI is InChI=1S/C29H46N4O3/c1-21(2)18-25-28(34)31(24-13-16-30(5)17-14-24)20-27-32(15-9-12-23-10-7-6-8-11-23)36-26(19-22(3)4)29(35)33(25)27/h6-8,10-11,21-22,24-27H,9,12-20H2,1-5H3/t25-,26+,27?/m0/s1. The summed E-state index contributed by atoms with van der Waals surface area (Å²) in [5, 5.41) is 2.05. The Bertz CT molecular complexity index is 869. The molecule has 1 aromatic rings. The number of amides is 2. The molecule has 2 amide bonds. The lowest BCUT2D eigenvalue weighted by Gasteiger charge is -2.55. The van der Waals surface area contributed by atoms with Crippen molar-refractivity contribution in [1.82, 2.24) is 19.8 Å². The second kappa shape index (κ2) is 12.1. The predicted octanol–water partition coefficient (Wildman–Crippen LogP) is 3.79. The lowest BCUT2D eigenvalue weighted by Crippen LogP contribution is -2.74. The second-order valence-electron chi connectivity index (χ2n) is 11.8. The van der Waals surface area contributed by atoms with Crippen LogP contribution in [0.4, 0.5) is 0 Å². The molecule has 0 aromatic heterocycles. The largest absolute Gasteiger partial charge is 0.334 e. The summed E-state index contributed by atoms with van der Waals surface area (Å²) in [6, 6.07) is 10.3. The molecule has 0 bridgehead atoms. The number of hydroxylamine groups is 2. The highest BCUT2D eigenvalue weighted by Crippen LogP contribution is 2.34. The second-order valence-corrected chi connectivity index (χ2v) is 11.8. The molecule has 36 heavy (non-hydrogen) atoms. The van der Waals surface area contributed by atoms with Crippen LogP contribution in [0.15, 0.2) is 30.3 Å². The van der Waals surface area contributed by atoms with Crippen LogP contribution in [-0.2, 0) is 20.8 Å². The van der Waals surface area contributed by atoms with Gasteiger partial charge in [0.05, 0.1) is 6.54 Å². The van der Waals surface area contributed by atoms with Crippen LogP contribution in [0.2, 0.25) is 0 Å². The van der Waals surface area contributed by atoms with Gasteiger partial charge in [-0.25, -0.2) is 0 Å². The number of benzene rings is 1. The normalized spacial score (nSPS) is 26.8. The number of likely N-dealkylation sites (tertiary alicyclic amines) is 1. The summed E-state index contributed by atoms with van der Waals surface area (Å²) in [4.78, 5) is 40.5. The Morgan fingerprint density at radius 2 is 1.61 bits per heavy atom. The maximum absolute atomic E-state index is 13.9. The number of rotatable bonds is 9. The van der Waals surface area contributed by atoms with Crippen LogP contribution in [-0.4, -0.2) is 89.2 Å². The number of nitrogens with zero attached hydrogens (tertiary/aromatic N) is 4.